The Morgan fingerprint density at radius 2 is 2.05 bits per heavy atom. The molecule has 0 radical (unpaired) electrons. The third kappa shape index (κ3) is 4.51. The fourth-order valence-electron chi connectivity index (χ4n) is 2.64. The highest BCUT2D eigenvalue weighted by molar-refractivity contribution is 5.27. The van der Waals surface area contributed by atoms with Gasteiger partial charge >= 0.3 is 0 Å². The summed E-state index contributed by atoms with van der Waals surface area (Å²) in [5.41, 5.74) is 1.65. The molecule has 1 saturated heterocycles. The van der Waals surface area contributed by atoms with Gasteiger partial charge in [0.05, 0.1) is 6.61 Å². The summed E-state index contributed by atoms with van der Waals surface area (Å²) in [5, 5.41) is 7.17. The van der Waals surface area contributed by atoms with E-state index in [-0.39, 0.29) is 5.54 Å². The molecule has 0 saturated carbocycles. The predicted octanol–water partition coefficient (Wildman–Crippen LogP) is 2.36. The van der Waals surface area contributed by atoms with Crippen LogP contribution in [0.1, 0.15) is 32.8 Å². The van der Waals surface area contributed by atoms with Crippen molar-refractivity contribution < 1.29 is 4.74 Å². The number of nitrogens with one attached hydrogen (secondary N) is 2. The van der Waals surface area contributed by atoms with E-state index < -0.39 is 0 Å². The van der Waals surface area contributed by atoms with Crippen LogP contribution in [0, 0.1) is 0 Å². The van der Waals surface area contributed by atoms with Crippen molar-refractivity contribution >= 4 is 0 Å². The molecule has 0 aliphatic carbocycles. The second kappa shape index (κ2) is 6.40. The zero-order valence-electron chi connectivity index (χ0n) is 12.3. The van der Waals surface area contributed by atoms with Crippen molar-refractivity contribution in [1.82, 2.24) is 10.6 Å². The highest BCUT2D eigenvalue weighted by Crippen LogP contribution is 2.17. The first kappa shape index (κ1) is 14.4. The van der Waals surface area contributed by atoms with Crippen molar-refractivity contribution in [3.8, 4) is 5.75 Å². The summed E-state index contributed by atoms with van der Waals surface area (Å²) in [5.74, 6) is 0.959. The Morgan fingerprint density at radius 3 is 2.63 bits per heavy atom. The summed E-state index contributed by atoms with van der Waals surface area (Å²) in [4.78, 5) is 0. The fourth-order valence-corrected chi connectivity index (χ4v) is 2.64. The van der Waals surface area contributed by atoms with Gasteiger partial charge in [-0.25, -0.2) is 0 Å². The lowest BCUT2D eigenvalue weighted by molar-refractivity contribution is 0.340. The highest BCUT2D eigenvalue weighted by atomic mass is 16.5. The third-order valence-electron chi connectivity index (χ3n) is 3.66. The van der Waals surface area contributed by atoms with E-state index in [1.54, 1.807) is 0 Å². The summed E-state index contributed by atoms with van der Waals surface area (Å²) < 4.78 is 5.45. The monoisotopic (exact) mass is 262 g/mol. The second-order valence-corrected chi connectivity index (χ2v) is 5.95. The lowest BCUT2D eigenvalue weighted by Gasteiger charge is -2.17. The number of ether oxygens (including phenoxy) is 1. The van der Waals surface area contributed by atoms with Crippen LogP contribution in [0.3, 0.4) is 0 Å². The van der Waals surface area contributed by atoms with E-state index in [1.807, 2.05) is 6.92 Å². The molecule has 0 spiro atoms. The SMILES string of the molecule is CCOc1ccc(CCNC2CNC(C)(C)C2)cc1. The topological polar surface area (TPSA) is 33.3 Å². The van der Waals surface area contributed by atoms with Gasteiger partial charge in [0.2, 0.25) is 0 Å². The Bertz CT molecular complexity index is 386. The van der Waals surface area contributed by atoms with Gasteiger partial charge in [0, 0.05) is 18.1 Å². The second-order valence-electron chi connectivity index (χ2n) is 5.95. The maximum absolute atomic E-state index is 5.45. The maximum Gasteiger partial charge on any atom is 0.119 e. The van der Waals surface area contributed by atoms with Crippen LogP contribution in [0.15, 0.2) is 24.3 Å². The molecule has 19 heavy (non-hydrogen) atoms. The fraction of sp³-hybridized carbons (Fsp3) is 0.625. The van der Waals surface area contributed by atoms with Crippen molar-refractivity contribution in [3.63, 3.8) is 0 Å². The molecule has 0 bridgehead atoms. The maximum atomic E-state index is 5.45. The van der Waals surface area contributed by atoms with Crippen LogP contribution in [-0.2, 0) is 6.42 Å². The van der Waals surface area contributed by atoms with Gasteiger partial charge in [0.25, 0.3) is 0 Å². The van der Waals surface area contributed by atoms with Crippen LogP contribution < -0.4 is 15.4 Å². The smallest absolute Gasteiger partial charge is 0.119 e. The molecule has 1 unspecified atom stereocenters. The summed E-state index contributed by atoms with van der Waals surface area (Å²) in [6.45, 7) is 9.38. The van der Waals surface area contributed by atoms with E-state index in [2.05, 4.69) is 48.7 Å². The van der Waals surface area contributed by atoms with Crippen LogP contribution in [0.4, 0.5) is 0 Å². The molecule has 3 heteroatoms. The van der Waals surface area contributed by atoms with E-state index >= 15 is 0 Å². The van der Waals surface area contributed by atoms with Crippen molar-refractivity contribution in [2.24, 2.45) is 0 Å². The first-order valence-corrected chi connectivity index (χ1v) is 7.29. The van der Waals surface area contributed by atoms with Gasteiger partial charge in [-0.1, -0.05) is 12.1 Å². The largest absolute Gasteiger partial charge is 0.494 e. The molecule has 2 N–H and O–H groups in total. The van der Waals surface area contributed by atoms with Crippen LogP contribution in [0.25, 0.3) is 0 Å². The van der Waals surface area contributed by atoms with Gasteiger partial charge in [0.15, 0.2) is 0 Å². The molecule has 106 valence electrons. The molecule has 1 heterocycles. The number of benzene rings is 1. The summed E-state index contributed by atoms with van der Waals surface area (Å²) >= 11 is 0. The zero-order valence-corrected chi connectivity index (χ0v) is 12.3. The van der Waals surface area contributed by atoms with E-state index in [0.29, 0.717) is 6.04 Å². The standard InChI is InChI=1S/C16H26N2O/c1-4-19-15-7-5-13(6-8-15)9-10-17-14-11-16(2,3)18-12-14/h5-8,14,17-18H,4,9-12H2,1-3H3. The van der Waals surface area contributed by atoms with E-state index in [4.69, 9.17) is 4.74 Å². The molecule has 1 aromatic rings. The van der Waals surface area contributed by atoms with Gasteiger partial charge in [-0.15, -0.1) is 0 Å². The molecule has 1 aliphatic rings. The number of hydrogen-bond donors (Lipinski definition) is 2. The molecule has 3 nitrogen and oxygen atoms in total. The molecule has 1 aliphatic heterocycles. The normalized spacial score (nSPS) is 21.5. The van der Waals surface area contributed by atoms with Crippen LogP contribution in [0.2, 0.25) is 0 Å². The van der Waals surface area contributed by atoms with Crippen LogP contribution in [-0.4, -0.2) is 31.3 Å². The molecular formula is C16H26N2O. The van der Waals surface area contributed by atoms with E-state index in [0.717, 1.165) is 31.9 Å². The molecule has 2 rings (SSSR count). The summed E-state index contributed by atoms with van der Waals surface area (Å²) in [7, 11) is 0. The van der Waals surface area contributed by atoms with Crippen molar-refractivity contribution in [3.05, 3.63) is 29.8 Å². The predicted molar refractivity (Wildman–Crippen MR) is 79.8 cm³/mol. The molecule has 1 aromatic carbocycles. The molecule has 0 amide bonds. The van der Waals surface area contributed by atoms with E-state index in [1.165, 1.54) is 12.0 Å². The lowest BCUT2D eigenvalue weighted by Crippen LogP contribution is -2.32. The Morgan fingerprint density at radius 1 is 1.32 bits per heavy atom. The van der Waals surface area contributed by atoms with Crippen molar-refractivity contribution in [2.75, 3.05) is 19.7 Å². The lowest BCUT2D eigenvalue weighted by atomic mass is 10.0. The summed E-state index contributed by atoms with van der Waals surface area (Å²) in [6.07, 6.45) is 2.28. The van der Waals surface area contributed by atoms with Crippen LogP contribution >= 0.6 is 0 Å². The average molecular weight is 262 g/mol. The van der Waals surface area contributed by atoms with Crippen LogP contribution in [0.5, 0.6) is 5.75 Å². The van der Waals surface area contributed by atoms with E-state index in [9.17, 15) is 0 Å². The van der Waals surface area contributed by atoms with Gasteiger partial charge in [-0.3, -0.25) is 0 Å². The highest BCUT2D eigenvalue weighted by Gasteiger charge is 2.29. The Hall–Kier alpha value is -1.06. The first-order valence-electron chi connectivity index (χ1n) is 7.29. The minimum absolute atomic E-state index is 0.288. The number of hydrogen-bond acceptors (Lipinski definition) is 3. The van der Waals surface area contributed by atoms with Gasteiger partial charge < -0.3 is 15.4 Å². The minimum atomic E-state index is 0.288. The third-order valence-corrected chi connectivity index (χ3v) is 3.66. The van der Waals surface area contributed by atoms with Crippen molar-refractivity contribution in [2.45, 2.75) is 45.2 Å². The van der Waals surface area contributed by atoms with Gasteiger partial charge in [-0.05, 0) is 57.9 Å². The molecular weight excluding hydrogens is 236 g/mol. The van der Waals surface area contributed by atoms with Gasteiger partial charge in [0.1, 0.15) is 5.75 Å². The zero-order chi connectivity index (χ0) is 13.7. The molecule has 1 fully saturated rings. The first-order chi connectivity index (χ1) is 9.09. The Labute approximate surface area is 116 Å². The molecule has 1 atom stereocenters. The van der Waals surface area contributed by atoms with Crippen molar-refractivity contribution in [1.29, 1.82) is 0 Å². The summed E-state index contributed by atoms with van der Waals surface area (Å²) in [6, 6.07) is 9.03. The van der Waals surface area contributed by atoms with Gasteiger partial charge in [-0.2, -0.15) is 0 Å². The number of rotatable bonds is 6. The quantitative estimate of drug-likeness (QED) is 0.825. The minimum Gasteiger partial charge on any atom is -0.494 e. The average Bonchev–Trinajstić information content (AvgIpc) is 2.72. The Balaban J connectivity index is 1.71. The Kier molecular flexibility index (Phi) is 4.83. The molecule has 0 aromatic heterocycles.